The summed E-state index contributed by atoms with van der Waals surface area (Å²) in [4.78, 5) is 0. The molecule has 0 aliphatic rings. The van der Waals surface area contributed by atoms with E-state index in [-0.39, 0.29) is 13.2 Å². The van der Waals surface area contributed by atoms with Crippen LogP contribution in [0.5, 0.6) is 5.75 Å². The average molecular weight is 283 g/mol. The lowest BCUT2D eigenvalue weighted by Gasteiger charge is -2.13. The maximum Gasteiger partial charge on any atom is 0.411 e. The molecule has 0 atom stereocenters. The van der Waals surface area contributed by atoms with Crippen molar-refractivity contribution >= 4 is 11.6 Å². The highest BCUT2D eigenvalue weighted by Crippen LogP contribution is 2.24. The van der Waals surface area contributed by atoms with Crippen LogP contribution in [-0.4, -0.2) is 26.0 Å². The van der Waals surface area contributed by atoms with Gasteiger partial charge in [-0.15, -0.1) is 11.6 Å². The first-order valence-corrected chi connectivity index (χ1v) is 5.89. The van der Waals surface area contributed by atoms with Gasteiger partial charge in [-0.05, 0) is 12.5 Å². The van der Waals surface area contributed by atoms with Crippen LogP contribution >= 0.6 is 11.6 Å². The van der Waals surface area contributed by atoms with Crippen LogP contribution in [0.15, 0.2) is 18.2 Å². The topological polar surface area (TPSA) is 18.5 Å². The highest BCUT2D eigenvalue weighted by atomic mass is 35.5. The van der Waals surface area contributed by atoms with Crippen LogP contribution < -0.4 is 4.74 Å². The van der Waals surface area contributed by atoms with Crippen molar-refractivity contribution in [3.05, 3.63) is 29.3 Å². The maximum atomic E-state index is 11.8. The van der Waals surface area contributed by atoms with Crippen molar-refractivity contribution in [1.82, 2.24) is 0 Å². The van der Waals surface area contributed by atoms with Crippen molar-refractivity contribution in [1.29, 1.82) is 0 Å². The third-order valence-electron chi connectivity index (χ3n) is 2.18. The lowest BCUT2D eigenvalue weighted by atomic mass is 10.1. The summed E-state index contributed by atoms with van der Waals surface area (Å²) in [7, 11) is 0. The first-order chi connectivity index (χ1) is 8.44. The Morgan fingerprint density at radius 3 is 2.56 bits per heavy atom. The molecule has 0 N–H and O–H groups in total. The molecule has 1 rings (SSSR count). The minimum absolute atomic E-state index is 0.0603. The Morgan fingerprint density at radius 2 is 1.94 bits per heavy atom. The van der Waals surface area contributed by atoms with Crippen LogP contribution in [0.2, 0.25) is 0 Å². The number of rotatable bonds is 6. The summed E-state index contributed by atoms with van der Waals surface area (Å²) < 4.78 is 45.3. The molecule has 0 radical (unpaired) electrons. The van der Waals surface area contributed by atoms with Gasteiger partial charge < -0.3 is 9.47 Å². The number of halogens is 4. The molecular weight excluding hydrogens is 269 g/mol. The molecule has 1 aromatic carbocycles. The number of para-hydroxylation sites is 1. The van der Waals surface area contributed by atoms with E-state index in [1.165, 1.54) is 0 Å². The zero-order valence-electron chi connectivity index (χ0n) is 9.89. The molecule has 0 heterocycles. The molecule has 0 fully saturated rings. The van der Waals surface area contributed by atoms with Gasteiger partial charge in [-0.3, -0.25) is 0 Å². The fraction of sp³-hybridized carbons (Fsp3) is 0.500. The highest BCUT2D eigenvalue weighted by molar-refractivity contribution is 6.17. The molecule has 2 nitrogen and oxygen atoms in total. The van der Waals surface area contributed by atoms with Gasteiger partial charge in [0.25, 0.3) is 0 Å². The van der Waals surface area contributed by atoms with Gasteiger partial charge >= 0.3 is 6.18 Å². The van der Waals surface area contributed by atoms with E-state index in [2.05, 4.69) is 4.74 Å². The van der Waals surface area contributed by atoms with E-state index in [0.717, 1.165) is 11.1 Å². The predicted molar refractivity (Wildman–Crippen MR) is 63.1 cm³/mol. The highest BCUT2D eigenvalue weighted by Gasteiger charge is 2.27. The Morgan fingerprint density at radius 1 is 1.22 bits per heavy atom. The van der Waals surface area contributed by atoms with E-state index in [4.69, 9.17) is 16.3 Å². The summed E-state index contributed by atoms with van der Waals surface area (Å²) >= 11 is 5.74. The van der Waals surface area contributed by atoms with Crippen LogP contribution in [0.1, 0.15) is 11.1 Å². The normalized spacial score (nSPS) is 11.6. The van der Waals surface area contributed by atoms with Gasteiger partial charge in [0.2, 0.25) is 0 Å². The number of ether oxygens (including phenoxy) is 2. The molecule has 0 aliphatic carbocycles. The number of alkyl halides is 4. The SMILES string of the molecule is Cc1cccc(CCl)c1OCCOCC(F)(F)F. The van der Waals surface area contributed by atoms with Crippen molar-refractivity contribution in [3.63, 3.8) is 0 Å². The molecule has 0 saturated carbocycles. The van der Waals surface area contributed by atoms with Crippen LogP contribution in [0.3, 0.4) is 0 Å². The van der Waals surface area contributed by atoms with Gasteiger partial charge in [0.05, 0.1) is 12.5 Å². The van der Waals surface area contributed by atoms with E-state index in [0.29, 0.717) is 11.6 Å². The Labute approximate surface area is 109 Å². The molecule has 6 heteroatoms. The summed E-state index contributed by atoms with van der Waals surface area (Å²) in [6.07, 6.45) is -4.30. The molecule has 0 unspecified atom stereocenters. The zero-order chi connectivity index (χ0) is 13.6. The molecule has 0 aliphatic heterocycles. The van der Waals surface area contributed by atoms with Crippen molar-refractivity contribution in [3.8, 4) is 5.75 Å². The minimum atomic E-state index is -4.30. The lowest BCUT2D eigenvalue weighted by Crippen LogP contribution is -2.19. The summed E-state index contributed by atoms with van der Waals surface area (Å²) in [6.45, 7) is 0.537. The molecule has 18 heavy (non-hydrogen) atoms. The fourth-order valence-electron chi connectivity index (χ4n) is 1.42. The summed E-state index contributed by atoms with van der Waals surface area (Å²) in [6, 6.07) is 5.51. The monoisotopic (exact) mass is 282 g/mol. The zero-order valence-corrected chi connectivity index (χ0v) is 10.6. The molecule has 0 amide bonds. The van der Waals surface area contributed by atoms with Crippen LogP contribution in [0, 0.1) is 6.92 Å². The van der Waals surface area contributed by atoms with E-state index in [1.54, 1.807) is 0 Å². The summed E-state index contributed by atoms with van der Waals surface area (Å²) in [5.41, 5.74) is 1.71. The number of hydrogen-bond acceptors (Lipinski definition) is 2. The van der Waals surface area contributed by atoms with Crippen molar-refractivity contribution in [2.45, 2.75) is 19.0 Å². The van der Waals surface area contributed by atoms with E-state index < -0.39 is 12.8 Å². The summed E-state index contributed by atoms with van der Waals surface area (Å²) in [5.74, 6) is 0.906. The quantitative estimate of drug-likeness (QED) is 0.585. The lowest BCUT2D eigenvalue weighted by molar-refractivity contribution is -0.175. The van der Waals surface area contributed by atoms with Gasteiger partial charge in [-0.1, -0.05) is 18.2 Å². The van der Waals surface area contributed by atoms with E-state index >= 15 is 0 Å². The first-order valence-electron chi connectivity index (χ1n) is 5.36. The third kappa shape index (κ3) is 5.14. The van der Waals surface area contributed by atoms with Gasteiger partial charge in [0.15, 0.2) is 0 Å². The molecule has 0 saturated heterocycles. The number of aryl methyl sites for hydroxylation is 1. The molecule has 0 aromatic heterocycles. The summed E-state index contributed by atoms with van der Waals surface area (Å²) in [5, 5.41) is 0. The molecule has 1 aromatic rings. The molecule has 0 bridgehead atoms. The minimum Gasteiger partial charge on any atom is -0.491 e. The van der Waals surface area contributed by atoms with Gasteiger partial charge in [-0.2, -0.15) is 13.2 Å². The largest absolute Gasteiger partial charge is 0.491 e. The van der Waals surface area contributed by atoms with Crippen LogP contribution in [0.25, 0.3) is 0 Å². The van der Waals surface area contributed by atoms with E-state index in [9.17, 15) is 13.2 Å². The Kier molecular flexibility index (Phi) is 5.75. The Bertz CT molecular complexity index is 380. The first kappa shape index (κ1) is 15.1. The fourth-order valence-corrected chi connectivity index (χ4v) is 1.63. The second-order valence-electron chi connectivity index (χ2n) is 3.71. The average Bonchev–Trinajstić information content (AvgIpc) is 2.29. The van der Waals surface area contributed by atoms with Gasteiger partial charge in [0.1, 0.15) is 19.0 Å². The second-order valence-corrected chi connectivity index (χ2v) is 3.98. The van der Waals surface area contributed by atoms with Crippen molar-refractivity contribution < 1.29 is 22.6 Å². The number of benzene rings is 1. The third-order valence-corrected chi connectivity index (χ3v) is 2.47. The van der Waals surface area contributed by atoms with Crippen molar-refractivity contribution in [2.24, 2.45) is 0 Å². The molecule has 0 spiro atoms. The second kappa shape index (κ2) is 6.85. The molecular formula is C12H14ClF3O2. The van der Waals surface area contributed by atoms with Crippen molar-refractivity contribution in [2.75, 3.05) is 19.8 Å². The van der Waals surface area contributed by atoms with Gasteiger partial charge in [-0.25, -0.2) is 0 Å². The Balaban J connectivity index is 2.40. The predicted octanol–water partition coefficient (Wildman–Crippen LogP) is 3.69. The van der Waals surface area contributed by atoms with Crippen LogP contribution in [0.4, 0.5) is 13.2 Å². The number of hydrogen-bond donors (Lipinski definition) is 0. The van der Waals surface area contributed by atoms with Gasteiger partial charge in [0, 0.05) is 5.56 Å². The van der Waals surface area contributed by atoms with E-state index in [1.807, 2.05) is 25.1 Å². The maximum absolute atomic E-state index is 11.8. The van der Waals surface area contributed by atoms with Crippen LogP contribution in [-0.2, 0) is 10.6 Å². The Hall–Kier alpha value is -0.940. The molecule has 102 valence electrons. The smallest absolute Gasteiger partial charge is 0.411 e. The standard InChI is InChI=1S/C12H14ClF3O2/c1-9-3-2-4-10(7-13)11(9)18-6-5-17-8-12(14,15)16/h2-4H,5-8H2,1H3.